The number of fused-ring (bicyclic) bond motifs is 1. The lowest BCUT2D eigenvalue weighted by atomic mass is 10.1. The highest BCUT2D eigenvalue weighted by atomic mass is 35.5. The Morgan fingerprint density at radius 1 is 1.14 bits per heavy atom. The van der Waals surface area contributed by atoms with Gasteiger partial charge in [-0.3, -0.25) is 9.78 Å². The van der Waals surface area contributed by atoms with Gasteiger partial charge in [0.15, 0.2) is 0 Å². The van der Waals surface area contributed by atoms with Gasteiger partial charge < -0.3 is 11.1 Å². The number of rotatable bonds is 2. The number of aromatic nitrogens is 1. The van der Waals surface area contributed by atoms with Gasteiger partial charge in [-0.15, -0.1) is 0 Å². The van der Waals surface area contributed by atoms with Crippen LogP contribution in [-0.4, -0.2) is 10.9 Å². The Balaban J connectivity index is 1.88. The molecule has 3 rings (SSSR count). The van der Waals surface area contributed by atoms with E-state index < -0.39 is 0 Å². The third kappa shape index (κ3) is 2.95. The largest absolute Gasteiger partial charge is 0.399 e. The molecule has 0 aliphatic rings. The number of nitrogens with one attached hydrogen (secondary N) is 1. The van der Waals surface area contributed by atoms with E-state index in [0.29, 0.717) is 22.0 Å². The summed E-state index contributed by atoms with van der Waals surface area (Å²) in [6, 6.07) is 14.1. The van der Waals surface area contributed by atoms with E-state index in [9.17, 15) is 4.79 Å². The smallest absolute Gasteiger partial charge is 0.255 e. The first-order valence-electron chi connectivity index (χ1n) is 6.34. The van der Waals surface area contributed by atoms with Crippen LogP contribution >= 0.6 is 11.6 Å². The highest BCUT2D eigenvalue weighted by Crippen LogP contribution is 2.20. The number of pyridine rings is 1. The Morgan fingerprint density at radius 2 is 2.00 bits per heavy atom. The molecule has 0 atom stereocenters. The summed E-state index contributed by atoms with van der Waals surface area (Å²) >= 11 is 5.91. The zero-order valence-electron chi connectivity index (χ0n) is 11.0. The predicted octanol–water partition coefficient (Wildman–Crippen LogP) is 3.72. The van der Waals surface area contributed by atoms with Crippen molar-refractivity contribution >= 4 is 39.8 Å². The van der Waals surface area contributed by atoms with Gasteiger partial charge >= 0.3 is 0 Å². The molecular weight excluding hydrogens is 286 g/mol. The van der Waals surface area contributed by atoms with E-state index in [0.717, 1.165) is 10.9 Å². The van der Waals surface area contributed by atoms with Gasteiger partial charge in [0.2, 0.25) is 0 Å². The standard InChI is InChI=1S/C16H12ClN3O/c17-12-6-11(7-13(18)9-12)16(21)20-14-3-4-15-10(8-14)2-1-5-19-15/h1-9H,18H2,(H,20,21). The van der Waals surface area contributed by atoms with Crippen molar-refractivity contribution in [2.24, 2.45) is 0 Å². The average Bonchev–Trinajstić information content (AvgIpc) is 2.46. The number of hydrogen-bond donors (Lipinski definition) is 2. The normalized spacial score (nSPS) is 10.5. The van der Waals surface area contributed by atoms with Crippen LogP contribution in [-0.2, 0) is 0 Å². The lowest BCUT2D eigenvalue weighted by Gasteiger charge is -2.07. The number of nitrogen functional groups attached to an aromatic ring is 1. The lowest BCUT2D eigenvalue weighted by molar-refractivity contribution is 0.102. The summed E-state index contributed by atoms with van der Waals surface area (Å²) < 4.78 is 0. The third-order valence-corrected chi connectivity index (χ3v) is 3.26. The second-order valence-corrected chi connectivity index (χ2v) is 5.07. The third-order valence-electron chi connectivity index (χ3n) is 3.04. The molecule has 1 aromatic heterocycles. The van der Waals surface area contributed by atoms with Crippen LogP contribution in [0.25, 0.3) is 10.9 Å². The molecule has 1 heterocycles. The lowest BCUT2D eigenvalue weighted by Crippen LogP contribution is -2.12. The van der Waals surface area contributed by atoms with Gasteiger partial charge in [0.25, 0.3) is 5.91 Å². The van der Waals surface area contributed by atoms with Crippen LogP contribution in [0.4, 0.5) is 11.4 Å². The first kappa shape index (κ1) is 13.4. The quantitative estimate of drug-likeness (QED) is 0.708. The molecule has 3 aromatic rings. The molecule has 3 N–H and O–H groups in total. The number of halogens is 1. The van der Waals surface area contributed by atoms with Gasteiger partial charge in [0.1, 0.15) is 0 Å². The molecule has 5 heteroatoms. The van der Waals surface area contributed by atoms with Crippen LogP contribution in [0.3, 0.4) is 0 Å². The predicted molar refractivity (Wildman–Crippen MR) is 85.6 cm³/mol. The fourth-order valence-electron chi connectivity index (χ4n) is 2.10. The van der Waals surface area contributed by atoms with Gasteiger partial charge in [-0.25, -0.2) is 0 Å². The summed E-state index contributed by atoms with van der Waals surface area (Å²) in [6.45, 7) is 0. The number of nitrogens with zero attached hydrogens (tertiary/aromatic N) is 1. The van der Waals surface area contributed by atoms with Crippen molar-refractivity contribution in [2.75, 3.05) is 11.1 Å². The Labute approximate surface area is 126 Å². The molecule has 0 spiro atoms. The molecule has 4 nitrogen and oxygen atoms in total. The summed E-state index contributed by atoms with van der Waals surface area (Å²) in [7, 11) is 0. The molecule has 0 bridgehead atoms. The zero-order chi connectivity index (χ0) is 14.8. The molecule has 1 amide bonds. The number of carbonyl (C=O) groups is 1. The van der Waals surface area contributed by atoms with E-state index in [-0.39, 0.29) is 5.91 Å². The van der Waals surface area contributed by atoms with Crippen LogP contribution < -0.4 is 11.1 Å². The molecule has 0 saturated carbocycles. The van der Waals surface area contributed by atoms with Gasteiger partial charge in [-0.05, 0) is 42.5 Å². The number of anilines is 2. The Morgan fingerprint density at radius 3 is 2.81 bits per heavy atom. The van der Waals surface area contributed by atoms with Crippen LogP contribution in [0.5, 0.6) is 0 Å². The van der Waals surface area contributed by atoms with Gasteiger partial charge in [-0.2, -0.15) is 0 Å². The monoisotopic (exact) mass is 297 g/mol. The summed E-state index contributed by atoms with van der Waals surface area (Å²) in [5, 5.41) is 4.22. The van der Waals surface area contributed by atoms with Gasteiger partial charge in [0.05, 0.1) is 5.52 Å². The van der Waals surface area contributed by atoms with E-state index >= 15 is 0 Å². The minimum atomic E-state index is -0.257. The molecular formula is C16H12ClN3O. The molecule has 0 aliphatic carbocycles. The fourth-order valence-corrected chi connectivity index (χ4v) is 2.34. The highest BCUT2D eigenvalue weighted by Gasteiger charge is 2.08. The van der Waals surface area contributed by atoms with E-state index in [1.165, 1.54) is 0 Å². The van der Waals surface area contributed by atoms with E-state index in [2.05, 4.69) is 10.3 Å². The van der Waals surface area contributed by atoms with Gasteiger partial charge in [0, 0.05) is 33.5 Å². The van der Waals surface area contributed by atoms with Gasteiger partial charge in [-0.1, -0.05) is 17.7 Å². The molecule has 0 fully saturated rings. The van der Waals surface area contributed by atoms with Crippen molar-refractivity contribution in [1.29, 1.82) is 0 Å². The Kier molecular flexibility index (Phi) is 3.46. The molecule has 0 saturated heterocycles. The highest BCUT2D eigenvalue weighted by molar-refractivity contribution is 6.31. The fraction of sp³-hybridized carbons (Fsp3) is 0. The summed E-state index contributed by atoms with van der Waals surface area (Å²) in [5.74, 6) is -0.257. The number of carbonyl (C=O) groups excluding carboxylic acids is 1. The first-order valence-corrected chi connectivity index (χ1v) is 6.72. The Bertz CT molecular complexity index is 812. The van der Waals surface area contributed by atoms with Crippen molar-refractivity contribution in [1.82, 2.24) is 4.98 Å². The summed E-state index contributed by atoms with van der Waals surface area (Å²) in [4.78, 5) is 16.4. The van der Waals surface area contributed by atoms with Crippen molar-refractivity contribution in [3.63, 3.8) is 0 Å². The second kappa shape index (κ2) is 5.42. The molecule has 21 heavy (non-hydrogen) atoms. The summed E-state index contributed by atoms with van der Waals surface area (Å²) in [5.41, 5.74) is 8.14. The van der Waals surface area contributed by atoms with E-state index in [4.69, 9.17) is 17.3 Å². The zero-order valence-corrected chi connectivity index (χ0v) is 11.8. The average molecular weight is 298 g/mol. The maximum absolute atomic E-state index is 12.2. The van der Waals surface area contributed by atoms with E-state index in [1.54, 1.807) is 30.5 Å². The SMILES string of the molecule is Nc1cc(Cl)cc(C(=O)Nc2ccc3ncccc3c2)c1. The number of amides is 1. The van der Waals surface area contributed by atoms with Crippen LogP contribution in [0, 0.1) is 0 Å². The van der Waals surface area contributed by atoms with Crippen LogP contribution in [0.15, 0.2) is 54.7 Å². The van der Waals surface area contributed by atoms with E-state index in [1.807, 2.05) is 24.3 Å². The topological polar surface area (TPSA) is 68.0 Å². The number of hydrogen-bond acceptors (Lipinski definition) is 3. The van der Waals surface area contributed by atoms with Crippen molar-refractivity contribution in [3.05, 3.63) is 65.3 Å². The molecule has 0 radical (unpaired) electrons. The molecule has 104 valence electrons. The van der Waals surface area contributed by atoms with Crippen LogP contribution in [0.1, 0.15) is 10.4 Å². The maximum atomic E-state index is 12.2. The Hall–Kier alpha value is -2.59. The summed E-state index contributed by atoms with van der Waals surface area (Å²) in [6.07, 6.45) is 1.73. The number of benzene rings is 2. The van der Waals surface area contributed by atoms with Crippen molar-refractivity contribution < 1.29 is 4.79 Å². The van der Waals surface area contributed by atoms with Crippen molar-refractivity contribution in [2.45, 2.75) is 0 Å². The molecule has 0 aliphatic heterocycles. The van der Waals surface area contributed by atoms with Crippen molar-refractivity contribution in [3.8, 4) is 0 Å². The number of nitrogens with two attached hydrogens (primary N) is 1. The maximum Gasteiger partial charge on any atom is 0.255 e. The second-order valence-electron chi connectivity index (χ2n) is 4.64. The minimum absolute atomic E-state index is 0.257. The molecule has 0 unspecified atom stereocenters. The minimum Gasteiger partial charge on any atom is -0.399 e. The van der Waals surface area contributed by atoms with Crippen LogP contribution in [0.2, 0.25) is 5.02 Å². The molecule has 2 aromatic carbocycles. The first-order chi connectivity index (χ1) is 10.1.